The van der Waals surface area contributed by atoms with Gasteiger partial charge < -0.3 is 10.6 Å². The van der Waals surface area contributed by atoms with E-state index in [2.05, 4.69) is 36.7 Å². The van der Waals surface area contributed by atoms with Gasteiger partial charge in [0.25, 0.3) is 0 Å². The summed E-state index contributed by atoms with van der Waals surface area (Å²) in [5.41, 5.74) is 4.07. The maximum Gasteiger partial charge on any atom is 0.233 e. The molecule has 0 amide bonds. The minimum absolute atomic E-state index is 0.136. The average molecular weight is 570 g/mol. The maximum atomic E-state index is 13.0. The van der Waals surface area contributed by atoms with E-state index in [1.165, 1.54) is 16.3 Å². The van der Waals surface area contributed by atoms with Crippen LogP contribution in [0.15, 0.2) is 59.6 Å². The van der Waals surface area contributed by atoms with E-state index in [0.29, 0.717) is 36.3 Å². The number of nitrogens with zero attached hydrogens (tertiary/aromatic N) is 5. The highest BCUT2D eigenvalue weighted by Gasteiger charge is 2.23. The van der Waals surface area contributed by atoms with Crippen LogP contribution in [-0.4, -0.2) is 71.7 Å². The number of fused-ring (bicyclic) bond motifs is 2. The van der Waals surface area contributed by atoms with Crippen LogP contribution in [0.3, 0.4) is 0 Å². The van der Waals surface area contributed by atoms with Crippen LogP contribution in [0, 0.1) is 0 Å². The molecule has 2 aromatic heterocycles. The van der Waals surface area contributed by atoms with Crippen LogP contribution in [0.2, 0.25) is 0 Å². The summed E-state index contributed by atoms with van der Waals surface area (Å²) in [7, 11) is -6.56. The molecule has 0 radical (unpaired) electrons. The molecule has 5 rings (SSSR count). The van der Waals surface area contributed by atoms with Crippen LogP contribution < -0.4 is 10.6 Å². The fourth-order valence-corrected chi connectivity index (χ4v) is 6.25. The average Bonchev–Trinajstić information content (AvgIpc) is 3.36. The zero-order valence-corrected chi connectivity index (χ0v) is 23.6. The van der Waals surface area contributed by atoms with Crippen molar-refractivity contribution < 1.29 is 16.8 Å². The largest absolute Gasteiger partial charge is 0.324 e. The monoisotopic (exact) mass is 569 g/mol. The van der Waals surface area contributed by atoms with Gasteiger partial charge in [0.15, 0.2) is 15.5 Å². The SMILES string of the molecule is CC(C)S(=O)(=O)c1ccccc1Nc1nc(Nc2ccc3c(c2)CN(CCS(C)(=O)=O)CC3)nc2ccnn12. The summed E-state index contributed by atoms with van der Waals surface area (Å²) < 4.78 is 50.6. The quantitative estimate of drug-likeness (QED) is 0.309. The molecule has 0 unspecified atom stereocenters. The van der Waals surface area contributed by atoms with Gasteiger partial charge in [0.2, 0.25) is 11.9 Å². The van der Waals surface area contributed by atoms with Gasteiger partial charge in [-0.3, -0.25) is 4.90 Å². The van der Waals surface area contributed by atoms with E-state index in [4.69, 9.17) is 0 Å². The van der Waals surface area contributed by atoms with Gasteiger partial charge in [-0.05, 0) is 55.7 Å². The fraction of sp³-hybridized carbons (Fsp3) is 0.346. The van der Waals surface area contributed by atoms with E-state index >= 15 is 0 Å². The summed E-state index contributed by atoms with van der Waals surface area (Å²) in [6.45, 7) is 5.28. The lowest BCUT2D eigenvalue weighted by Gasteiger charge is -2.28. The summed E-state index contributed by atoms with van der Waals surface area (Å²) in [5.74, 6) is 0.764. The summed E-state index contributed by atoms with van der Waals surface area (Å²) in [6.07, 6.45) is 3.71. The molecule has 0 spiro atoms. The normalized spacial score (nSPS) is 14.5. The molecule has 0 fully saturated rings. The van der Waals surface area contributed by atoms with Gasteiger partial charge in [0.05, 0.1) is 27.8 Å². The van der Waals surface area contributed by atoms with Gasteiger partial charge in [-0.2, -0.15) is 19.6 Å². The van der Waals surface area contributed by atoms with Crippen molar-refractivity contribution in [3.05, 3.63) is 65.9 Å². The summed E-state index contributed by atoms with van der Waals surface area (Å²) >= 11 is 0. The molecule has 206 valence electrons. The molecule has 13 heteroatoms. The molecular formula is C26H31N7O4S2. The molecule has 2 N–H and O–H groups in total. The second kappa shape index (κ2) is 10.5. The first-order valence-corrected chi connectivity index (χ1v) is 16.2. The summed E-state index contributed by atoms with van der Waals surface area (Å²) in [5, 5.41) is 10.1. The summed E-state index contributed by atoms with van der Waals surface area (Å²) in [6, 6.07) is 14.5. The minimum atomic E-state index is -3.54. The van der Waals surface area contributed by atoms with Gasteiger partial charge in [-0.1, -0.05) is 18.2 Å². The van der Waals surface area contributed by atoms with Crippen molar-refractivity contribution in [2.45, 2.75) is 37.0 Å². The standard InChI is InChI=1S/C26H31N7O4S2/c1-18(2)39(36,37)23-7-5-4-6-22(23)29-26-31-25(30-24-10-12-27-33(24)26)28-21-9-8-19-11-13-32(17-20(19)16-21)14-15-38(3,34)35/h4-10,12,16,18H,11,13-15,17H2,1-3H3,(H2,28,29,30,31). The lowest BCUT2D eigenvalue weighted by molar-refractivity contribution is 0.269. The molecule has 0 saturated carbocycles. The van der Waals surface area contributed by atoms with E-state index in [0.717, 1.165) is 24.2 Å². The highest BCUT2D eigenvalue weighted by molar-refractivity contribution is 7.92. The number of aromatic nitrogens is 4. The van der Waals surface area contributed by atoms with Crippen molar-refractivity contribution in [2.24, 2.45) is 0 Å². The van der Waals surface area contributed by atoms with Crippen LogP contribution in [-0.2, 0) is 32.6 Å². The van der Waals surface area contributed by atoms with Gasteiger partial charge >= 0.3 is 0 Å². The highest BCUT2D eigenvalue weighted by atomic mass is 32.2. The predicted molar refractivity (Wildman–Crippen MR) is 151 cm³/mol. The third-order valence-electron chi connectivity index (χ3n) is 6.65. The molecule has 3 heterocycles. The van der Waals surface area contributed by atoms with Crippen molar-refractivity contribution in [2.75, 3.05) is 35.7 Å². The molecule has 0 atom stereocenters. The smallest absolute Gasteiger partial charge is 0.233 e. The van der Waals surface area contributed by atoms with Gasteiger partial charge in [-0.25, -0.2) is 16.8 Å². The Balaban J connectivity index is 1.42. The van der Waals surface area contributed by atoms with Gasteiger partial charge in [0.1, 0.15) is 9.84 Å². The topological polar surface area (TPSA) is 139 Å². The molecule has 0 saturated heterocycles. The third kappa shape index (κ3) is 6.05. The molecule has 0 bridgehead atoms. The predicted octanol–water partition coefficient (Wildman–Crippen LogP) is 3.20. The van der Waals surface area contributed by atoms with Crippen molar-refractivity contribution in [3.8, 4) is 0 Å². The number of para-hydroxylation sites is 1. The van der Waals surface area contributed by atoms with Crippen LogP contribution in [0.4, 0.5) is 23.3 Å². The summed E-state index contributed by atoms with van der Waals surface area (Å²) in [4.78, 5) is 11.5. The Morgan fingerprint density at radius 1 is 0.974 bits per heavy atom. The number of nitrogens with one attached hydrogen (secondary N) is 2. The van der Waals surface area contributed by atoms with Crippen LogP contribution in [0.25, 0.3) is 5.65 Å². The Morgan fingerprint density at radius 3 is 2.54 bits per heavy atom. The Morgan fingerprint density at radius 2 is 1.77 bits per heavy atom. The van der Waals surface area contributed by atoms with Crippen LogP contribution in [0.5, 0.6) is 0 Å². The number of rotatable bonds is 9. The van der Waals surface area contributed by atoms with E-state index in [9.17, 15) is 16.8 Å². The lowest BCUT2D eigenvalue weighted by atomic mass is 9.99. The Bertz CT molecular complexity index is 1730. The van der Waals surface area contributed by atoms with E-state index in [-0.39, 0.29) is 10.6 Å². The molecule has 0 aliphatic carbocycles. The number of sulfone groups is 2. The van der Waals surface area contributed by atoms with Gasteiger partial charge in [-0.15, -0.1) is 0 Å². The first-order valence-electron chi connectivity index (χ1n) is 12.6. The Labute approximate surface area is 228 Å². The zero-order valence-electron chi connectivity index (χ0n) is 22.0. The molecule has 11 nitrogen and oxygen atoms in total. The molecule has 2 aromatic carbocycles. The van der Waals surface area contributed by atoms with Gasteiger partial charge in [0, 0.05) is 37.6 Å². The van der Waals surface area contributed by atoms with Crippen molar-refractivity contribution in [1.82, 2.24) is 24.5 Å². The lowest BCUT2D eigenvalue weighted by Crippen LogP contribution is -2.34. The number of anilines is 4. The van der Waals surface area contributed by atoms with Crippen molar-refractivity contribution in [3.63, 3.8) is 0 Å². The highest BCUT2D eigenvalue weighted by Crippen LogP contribution is 2.29. The fourth-order valence-electron chi connectivity index (χ4n) is 4.46. The second-order valence-electron chi connectivity index (χ2n) is 9.95. The molecule has 1 aliphatic heterocycles. The molecular weight excluding hydrogens is 538 g/mol. The molecule has 39 heavy (non-hydrogen) atoms. The van der Waals surface area contributed by atoms with E-state index < -0.39 is 24.9 Å². The Hall–Kier alpha value is -3.55. The Kier molecular flexibility index (Phi) is 7.31. The number of hydrogen-bond acceptors (Lipinski definition) is 10. The third-order valence-corrected chi connectivity index (χ3v) is 9.78. The minimum Gasteiger partial charge on any atom is -0.324 e. The second-order valence-corrected chi connectivity index (χ2v) is 14.7. The van der Waals surface area contributed by atoms with Crippen LogP contribution in [0.1, 0.15) is 25.0 Å². The first kappa shape index (κ1) is 27.0. The van der Waals surface area contributed by atoms with Crippen LogP contribution >= 0.6 is 0 Å². The molecule has 1 aliphatic rings. The van der Waals surface area contributed by atoms with E-state index in [1.54, 1.807) is 50.4 Å². The molecule has 4 aromatic rings. The number of hydrogen-bond donors (Lipinski definition) is 2. The zero-order chi connectivity index (χ0) is 27.8. The van der Waals surface area contributed by atoms with Crippen molar-refractivity contribution >= 4 is 48.6 Å². The first-order chi connectivity index (χ1) is 18.5. The number of benzene rings is 2. The maximum absolute atomic E-state index is 13.0. The van der Waals surface area contributed by atoms with E-state index in [1.807, 2.05) is 12.1 Å². The van der Waals surface area contributed by atoms with Crippen molar-refractivity contribution in [1.29, 1.82) is 0 Å².